The maximum absolute atomic E-state index is 11.4. The lowest BCUT2D eigenvalue weighted by molar-refractivity contribution is -0.145. The fourth-order valence-corrected chi connectivity index (χ4v) is 0.851. The van der Waals surface area contributed by atoms with Gasteiger partial charge in [0.1, 0.15) is 7.45 Å². The van der Waals surface area contributed by atoms with E-state index < -0.39 is 36.2 Å². The van der Waals surface area contributed by atoms with Crippen LogP contribution in [0.15, 0.2) is 0 Å². The predicted molar refractivity (Wildman–Crippen MR) is 50.9 cm³/mol. The van der Waals surface area contributed by atoms with Crippen LogP contribution in [-0.4, -0.2) is 51.5 Å². The lowest BCUT2D eigenvalue weighted by Crippen LogP contribution is -2.55. The number of nitrogens with one attached hydrogen (secondary N) is 1. The highest BCUT2D eigenvalue weighted by molar-refractivity contribution is 5.87. The second kappa shape index (κ2) is 5.64. The molecule has 0 fully saturated rings. The molecule has 0 saturated carbocycles. The number of carboxylic acid groups (broad SMARTS) is 1. The van der Waals surface area contributed by atoms with Gasteiger partial charge in [-0.2, -0.15) is 0 Å². The number of rotatable bonds is 6. The first kappa shape index (κ1) is 11.9. The Bertz CT molecular complexity index is 259. The van der Waals surface area contributed by atoms with Crippen LogP contribution in [-0.2, 0) is 9.59 Å². The van der Waals surface area contributed by atoms with Crippen LogP contribution in [0.4, 0.5) is 0 Å². The molecule has 0 heterocycles. The third-order valence-electron chi connectivity index (χ3n) is 1.81. The van der Waals surface area contributed by atoms with Crippen molar-refractivity contribution in [3.63, 3.8) is 0 Å². The largest absolute Gasteiger partial charge is 0.480 e. The van der Waals surface area contributed by atoms with E-state index in [2.05, 4.69) is 0 Å². The second-order valence-corrected chi connectivity index (χ2v) is 3.28. The third-order valence-corrected chi connectivity index (χ3v) is 1.81. The number of aliphatic hydroxyl groups is 2. The Labute approximate surface area is 88.4 Å². The Morgan fingerprint density at radius 1 is 1.33 bits per heavy atom. The average Bonchev–Trinajstić information content (AvgIpc) is 2.13. The molecule has 0 bridgehead atoms. The van der Waals surface area contributed by atoms with Gasteiger partial charge in [-0.1, -0.05) is 0 Å². The Hall–Kier alpha value is -1.18. The highest BCUT2D eigenvalue weighted by Gasteiger charge is 2.28. The number of hydrogen-bond donors (Lipinski definition) is 5. The number of hydrogen-bond acceptors (Lipinski definition) is 5. The van der Waals surface area contributed by atoms with Gasteiger partial charge in [0.15, 0.2) is 6.04 Å². The molecule has 0 radical (unpaired) electrons. The molecule has 0 aliphatic heterocycles. The zero-order valence-corrected chi connectivity index (χ0v) is 8.47. The molecule has 0 aliphatic rings. The molecule has 0 spiro atoms. The van der Waals surface area contributed by atoms with Gasteiger partial charge in [0.05, 0.1) is 12.2 Å². The van der Waals surface area contributed by atoms with E-state index in [1.54, 1.807) is 5.73 Å². The summed E-state index contributed by atoms with van der Waals surface area (Å²) in [6, 6.07) is -2.72. The van der Waals surface area contributed by atoms with Crippen LogP contribution in [0, 0.1) is 0 Å². The van der Waals surface area contributed by atoms with Gasteiger partial charge in [0.2, 0.25) is 5.91 Å². The van der Waals surface area contributed by atoms with Gasteiger partial charge in [-0.25, -0.2) is 4.79 Å². The van der Waals surface area contributed by atoms with Gasteiger partial charge in [0.25, 0.3) is 0 Å². The monoisotopic (exact) mass is 221 g/mol. The average molecular weight is 221 g/mol. The van der Waals surface area contributed by atoms with E-state index >= 15 is 0 Å². The smallest absolute Gasteiger partial charge is 0.328 e. The van der Waals surface area contributed by atoms with E-state index in [9.17, 15) is 9.59 Å². The summed E-state index contributed by atoms with van der Waals surface area (Å²) in [5.41, 5.74) is 1.80. The molecule has 0 saturated heterocycles. The van der Waals surface area contributed by atoms with Gasteiger partial charge >= 0.3 is 5.97 Å². The normalized spacial score (nSPS) is 19.6. The van der Waals surface area contributed by atoms with E-state index in [4.69, 9.17) is 16.7 Å². The van der Waals surface area contributed by atoms with Crippen LogP contribution in [0.25, 0.3) is 0 Å². The predicted octanol–water partition coefficient (Wildman–Crippen LogP) is -2.36. The summed E-state index contributed by atoms with van der Waals surface area (Å²) in [5.74, 6) is -2.25. The molecule has 6 N–H and O–H groups in total. The summed E-state index contributed by atoms with van der Waals surface area (Å²) in [5, 5.41) is 28.9. The van der Waals surface area contributed by atoms with Gasteiger partial charge in [-0.05, 0) is 13.8 Å². The van der Waals surface area contributed by atoms with Crippen molar-refractivity contribution < 1.29 is 26.3 Å². The van der Waals surface area contributed by atoms with Crippen LogP contribution in [0.3, 0.4) is 0 Å². The molecule has 7 nitrogen and oxygen atoms in total. The minimum absolute atomic E-state index is 0.863. The number of carbonyl (C=O) groups is 2. The number of aliphatic carboxylic acids is 1. The number of aliphatic hydroxyl groups excluding tert-OH is 2. The van der Waals surface area contributed by atoms with Crippen molar-refractivity contribution in [2.75, 3.05) is 0 Å². The van der Waals surface area contributed by atoms with Crippen LogP contribution < -0.4 is 11.0 Å². The van der Waals surface area contributed by atoms with E-state index in [0.29, 0.717) is 0 Å². The van der Waals surface area contributed by atoms with E-state index in [1.165, 1.54) is 13.8 Å². The van der Waals surface area contributed by atoms with Crippen molar-refractivity contribution in [3.8, 4) is 0 Å². The number of nitrogens with two attached hydrogens (primary N) is 1. The lowest BCUT2D eigenvalue weighted by Gasteiger charge is -2.20. The van der Waals surface area contributed by atoms with Crippen LogP contribution >= 0.6 is 0 Å². The number of amides is 1. The van der Waals surface area contributed by atoms with Gasteiger partial charge in [-0.15, -0.1) is 0 Å². The molecule has 4 atom stereocenters. The molecule has 0 aromatic rings. The zero-order chi connectivity index (χ0) is 12.9. The molecular weight excluding hydrogens is 204 g/mol. The van der Waals surface area contributed by atoms with E-state index in [-0.39, 0.29) is 0 Å². The molecule has 0 aromatic heterocycles. The molecule has 0 unspecified atom stereocenters. The van der Waals surface area contributed by atoms with E-state index in [0.717, 1.165) is 0 Å². The Kier molecular flexibility index (Phi) is 4.47. The van der Waals surface area contributed by atoms with Crippen LogP contribution in [0.5, 0.6) is 0 Å². The Balaban J connectivity index is 4.56. The zero-order valence-electron chi connectivity index (χ0n) is 9.47. The van der Waals surface area contributed by atoms with Crippen molar-refractivity contribution in [2.45, 2.75) is 38.1 Å². The standard InChI is InChI=1S/C8H16N2O5/c1-3(11)5(9)7(13)10-6(4(2)12)8(14)15/h3-6,11-12H,9H2,1-2H3,(H,10,13)(H,14,15)/t3-,4+,5+,6-/m0/s1/i/hD. The second-order valence-electron chi connectivity index (χ2n) is 3.28. The molecule has 0 aromatic carbocycles. The molecule has 15 heavy (non-hydrogen) atoms. The molecule has 7 heteroatoms. The van der Waals surface area contributed by atoms with Gasteiger partial charge < -0.3 is 26.4 Å². The Morgan fingerprint density at radius 2 is 1.87 bits per heavy atom. The highest BCUT2D eigenvalue weighted by atomic mass is 16.4. The van der Waals surface area contributed by atoms with Crippen molar-refractivity contribution in [3.05, 3.63) is 0 Å². The first-order chi connectivity index (χ1) is 7.31. The van der Waals surface area contributed by atoms with Crippen molar-refractivity contribution in [2.24, 2.45) is 5.73 Å². The molecular formula is C8H16N2O5. The third kappa shape index (κ3) is 4.24. The molecule has 1 amide bonds. The lowest BCUT2D eigenvalue weighted by atomic mass is 10.1. The summed E-state index contributed by atoms with van der Waals surface area (Å²) in [7, 11) is 0. The number of carboxylic acids is 1. The van der Waals surface area contributed by atoms with E-state index in [1.807, 2.05) is 5.32 Å². The minimum atomic E-state index is -1.47. The number of carbonyl (C=O) groups excluding carboxylic acids is 1. The highest BCUT2D eigenvalue weighted by Crippen LogP contribution is 1.96. The Morgan fingerprint density at radius 3 is 2.13 bits per heavy atom. The van der Waals surface area contributed by atoms with Crippen molar-refractivity contribution >= 4 is 11.9 Å². The minimum Gasteiger partial charge on any atom is -0.480 e. The summed E-state index contributed by atoms with van der Waals surface area (Å²) < 4.78 is 6.80. The summed E-state index contributed by atoms with van der Waals surface area (Å²) in [4.78, 5) is 22.1. The van der Waals surface area contributed by atoms with Crippen molar-refractivity contribution in [1.29, 1.82) is 0 Å². The first-order valence-corrected chi connectivity index (χ1v) is 4.37. The maximum Gasteiger partial charge on any atom is 0.328 e. The van der Waals surface area contributed by atoms with Crippen LogP contribution in [0.1, 0.15) is 13.8 Å². The quantitative estimate of drug-likeness (QED) is 0.341. The topological polar surface area (TPSA) is 133 Å². The van der Waals surface area contributed by atoms with Gasteiger partial charge in [0, 0.05) is 0 Å². The summed E-state index contributed by atoms with van der Waals surface area (Å²) in [6.45, 7) is 2.49. The first-order valence-electron chi connectivity index (χ1n) is 4.87. The fourth-order valence-electron chi connectivity index (χ4n) is 0.851. The summed E-state index contributed by atoms with van der Waals surface area (Å²) in [6.07, 6.45) is -2.43. The maximum atomic E-state index is 11.4. The summed E-state index contributed by atoms with van der Waals surface area (Å²) >= 11 is 0. The van der Waals surface area contributed by atoms with Gasteiger partial charge in [-0.3, -0.25) is 4.79 Å². The van der Waals surface area contributed by atoms with Crippen LogP contribution in [0.2, 0.25) is 1.41 Å². The van der Waals surface area contributed by atoms with Crippen molar-refractivity contribution in [1.82, 2.24) is 5.32 Å². The SMILES string of the molecule is [2H]N[C@@H](C(=O)N[C@H](C(=O)O)[C@@H](C)O)[C@H](C)O. The molecule has 88 valence electrons. The molecule has 0 rings (SSSR count). The molecule has 0 aliphatic carbocycles. The fraction of sp³-hybridized carbons (Fsp3) is 0.750.